The van der Waals surface area contributed by atoms with Crippen LogP contribution in [0.15, 0.2) is 36.4 Å². The van der Waals surface area contributed by atoms with Gasteiger partial charge < -0.3 is 14.6 Å². The zero-order valence-electron chi connectivity index (χ0n) is 14.3. The van der Waals surface area contributed by atoms with Crippen LogP contribution in [-0.2, 0) is 12.7 Å². The topological polar surface area (TPSA) is 39.1 Å². The summed E-state index contributed by atoms with van der Waals surface area (Å²) in [7, 11) is 0. The summed E-state index contributed by atoms with van der Waals surface area (Å²) in [4.78, 5) is 4.58. The van der Waals surface area contributed by atoms with Crippen LogP contribution >= 0.6 is 0 Å². The fourth-order valence-corrected chi connectivity index (χ4v) is 4.39. The van der Waals surface area contributed by atoms with Gasteiger partial charge >= 0.3 is 12.8 Å². The maximum absolute atomic E-state index is 14.0. The summed E-state index contributed by atoms with van der Waals surface area (Å²) in [6.07, 6.45) is -4.48. The van der Waals surface area contributed by atoms with E-state index in [9.17, 15) is 22.0 Å². The Hall–Kier alpha value is -2.68. The van der Waals surface area contributed by atoms with Gasteiger partial charge in [-0.25, -0.2) is 4.98 Å². The van der Waals surface area contributed by atoms with Gasteiger partial charge in [-0.05, 0) is 35.7 Å². The van der Waals surface area contributed by atoms with Crippen molar-refractivity contribution >= 4 is 11.0 Å². The highest BCUT2D eigenvalue weighted by Crippen LogP contribution is 2.50. The first kappa shape index (κ1) is 17.4. The number of aromatic nitrogens is 2. The molecule has 1 N–H and O–H groups in total. The fourth-order valence-electron chi connectivity index (χ4n) is 4.39. The van der Waals surface area contributed by atoms with E-state index in [1.165, 1.54) is 6.07 Å². The van der Waals surface area contributed by atoms with E-state index in [0.29, 0.717) is 28.8 Å². The molecule has 2 aliphatic heterocycles. The number of ether oxygens (including phenoxy) is 1. The summed E-state index contributed by atoms with van der Waals surface area (Å²) in [6.45, 7) is -3.15. The maximum atomic E-state index is 14.0. The number of imidazole rings is 1. The largest absolute Gasteiger partial charge is 0.434 e. The van der Waals surface area contributed by atoms with Crippen LogP contribution in [0.2, 0.25) is 0 Å². The molecule has 28 heavy (non-hydrogen) atoms. The molecule has 0 saturated carbocycles. The van der Waals surface area contributed by atoms with E-state index in [1.807, 2.05) is 6.07 Å². The number of halogens is 5. The quantitative estimate of drug-likeness (QED) is 0.634. The smallest absolute Gasteiger partial charge is 0.420 e. The number of nitrogens with one attached hydrogen (secondary N) is 1. The van der Waals surface area contributed by atoms with Crippen molar-refractivity contribution in [3.8, 4) is 5.75 Å². The Morgan fingerprint density at radius 2 is 1.93 bits per heavy atom. The minimum absolute atomic E-state index is 0.0254. The average Bonchev–Trinajstić information content (AvgIpc) is 3.09. The average molecular weight is 395 g/mol. The Morgan fingerprint density at radius 1 is 1.14 bits per heavy atom. The highest BCUT2D eigenvalue weighted by Gasteiger charge is 2.46. The molecule has 3 heterocycles. The Labute approximate surface area is 155 Å². The standard InChI is InChI=1S/C19H14F5N3O/c20-18(21)28-14-6-5-9-8-25-11-7-13(15(9)16(14)19(22,23)24)27-12-4-2-1-3-10(12)26-17(11)27/h1-6,11,13,18,25H,7-8H2. The van der Waals surface area contributed by atoms with Crippen LogP contribution in [0.25, 0.3) is 11.0 Å². The minimum Gasteiger partial charge on any atom is -0.434 e. The molecule has 1 aromatic heterocycles. The van der Waals surface area contributed by atoms with Gasteiger partial charge in [0.05, 0.1) is 23.1 Å². The van der Waals surface area contributed by atoms with E-state index < -0.39 is 30.1 Å². The molecule has 0 aliphatic carbocycles. The van der Waals surface area contributed by atoms with E-state index in [2.05, 4.69) is 15.0 Å². The molecule has 3 aromatic rings. The van der Waals surface area contributed by atoms with Crippen LogP contribution in [0.4, 0.5) is 22.0 Å². The Morgan fingerprint density at radius 3 is 2.68 bits per heavy atom. The molecule has 2 aliphatic rings. The predicted molar refractivity (Wildman–Crippen MR) is 90.1 cm³/mol. The molecule has 4 nitrogen and oxygen atoms in total. The van der Waals surface area contributed by atoms with Gasteiger partial charge in [0.2, 0.25) is 0 Å². The molecule has 0 amide bonds. The highest BCUT2D eigenvalue weighted by molar-refractivity contribution is 5.77. The predicted octanol–water partition coefficient (Wildman–Crippen LogP) is 4.79. The summed E-state index contributed by atoms with van der Waals surface area (Å²) in [6, 6.07) is 8.72. The number of benzene rings is 2. The van der Waals surface area contributed by atoms with Crippen LogP contribution in [0.3, 0.4) is 0 Å². The molecule has 0 fully saturated rings. The fraction of sp³-hybridized carbons (Fsp3) is 0.316. The van der Waals surface area contributed by atoms with E-state index in [-0.39, 0.29) is 18.2 Å². The lowest BCUT2D eigenvalue weighted by Gasteiger charge is -2.25. The van der Waals surface area contributed by atoms with Crippen molar-refractivity contribution in [2.24, 2.45) is 0 Å². The van der Waals surface area contributed by atoms with E-state index in [1.54, 1.807) is 22.8 Å². The van der Waals surface area contributed by atoms with Gasteiger partial charge in [0.25, 0.3) is 0 Å². The number of fused-ring (bicyclic) bond motifs is 9. The molecule has 146 valence electrons. The number of hydrogen-bond donors (Lipinski definition) is 1. The highest BCUT2D eigenvalue weighted by atomic mass is 19.4. The van der Waals surface area contributed by atoms with Gasteiger partial charge in [-0.2, -0.15) is 22.0 Å². The summed E-state index contributed by atoms with van der Waals surface area (Å²) in [5.74, 6) is -0.192. The molecule has 0 radical (unpaired) electrons. The van der Waals surface area contributed by atoms with Crippen LogP contribution < -0.4 is 10.1 Å². The summed E-state index contributed by atoms with van der Waals surface area (Å²) < 4.78 is 73.5. The van der Waals surface area contributed by atoms with Crippen LogP contribution in [-0.4, -0.2) is 16.2 Å². The van der Waals surface area contributed by atoms with Crippen LogP contribution in [0, 0.1) is 0 Å². The second-order valence-electron chi connectivity index (χ2n) is 6.90. The van der Waals surface area contributed by atoms with E-state index >= 15 is 0 Å². The van der Waals surface area contributed by atoms with Crippen LogP contribution in [0.1, 0.15) is 41.0 Å². The first-order chi connectivity index (χ1) is 13.3. The van der Waals surface area contributed by atoms with Gasteiger partial charge in [0, 0.05) is 6.54 Å². The monoisotopic (exact) mass is 395 g/mol. The summed E-state index contributed by atoms with van der Waals surface area (Å²) >= 11 is 0. The maximum Gasteiger partial charge on any atom is 0.420 e. The van der Waals surface area contributed by atoms with Gasteiger partial charge in [0.15, 0.2) is 0 Å². The summed E-state index contributed by atoms with van der Waals surface area (Å²) in [5.41, 5.74) is 0.662. The number of nitrogens with zero attached hydrogens (tertiary/aromatic N) is 2. The van der Waals surface area contributed by atoms with Crippen molar-refractivity contribution in [3.05, 3.63) is 58.9 Å². The molecule has 2 bridgehead atoms. The zero-order valence-corrected chi connectivity index (χ0v) is 14.3. The van der Waals surface area contributed by atoms with Crippen molar-refractivity contribution in [1.29, 1.82) is 0 Å². The molecule has 5 rings (SSSR count). The normalized spacial score (nSPS) is 20.9. The van der Waals surface area contributed by atoms with Crippen molar-refractivity contribution in [2.45, 2.75) is 37.8 Å². The lowest BCUT2D eigenvalue weighted by atomic mass is 9.92. The zero-order chi connectivity index (χ0) is 19.6. The molecule has 9 heteroatoms. The van der Waals surface area contributed by atoms with E-state index in [4.69, 9.17) is 0 Å². The third kappa shape index (κ3) is 2.49. The number of rotatable bonds is 2. The second-order valence-corrected chi connectivity index (χ2v) is 6.90. The molecule has 2 aromatic carbocycles. The molecular weight excluding hydrogens is 381 g/mol. The Balaban J connectivity index is 1.80. The number of hydrogen-bond acceptors (Lipinski definition) is 3. The lowest BCUT2D eigenvalue weighted by molar-refractivity contribution is -0.142. The van der Waals surface area contributed by atoms with Crippen molar-refractivity contribution in [1.82, 2.24) is 14.9 Å². The van der Waals surface area contributed by atoms with Gasteiger partial charge in [-0.3, -0.25) is 0 Å². The van der Waals surface area contributed by atoms with Gasteiger partial charge in [-0.1, -0.05) is 18.2 Å². The Bertz CT molecular complexity index is 1080. The van der Waals surface area contributed by atoms with Crippen molar-refractivity contribution in [3.63, 3.8) is 0 Å². The molecule has 0 saturated heterocycles. The SMILES string of the molecule is FC(F)Oc1ccc2c(c1C(F)(F)F)C1CC(NC2)c2nc3ccccc3n21. The molecule has 2 atom stereocenters. The first-order valence-corrected chi connectivity index (χ1v) is 8.72. The first-order valence-electron chi connectivity index (χ1n) is 8.72. The lowest BCUT2D eigenvalue weighted by Crippen LogP contribution is -2.22. The number of para-hydroxylation sites is 2. The van der Waals surface area contributed by atoms with Crippen molar-refractivity contribution < 1.29 is 26.7 Å². The Kier molecular flexibility index (Phi) is 3.67. The molecule has 0 spiro atoms. The number of alkyl halides is 5. The van der Waals surface area contributed by atoms with Gasteiger partial charge in [0.1, 0.15) is 17.1 Å². The van der Waals surface area contributed by atoms with Gasteiger partial charge in [-0.15, -0.1) is 0 Å². The third-order valence-electron chi connectivity index (χ3n) is 5.37. The third-order valence-corrected chi connectivity index (χ3v) is 5.37. The van der Waals surface area contributed by atoms with E-state index in [0.717, 1.165) is 6.07 Å². The minimum atomic E-state index is -4.84. The molecule has 2 unspecified atom stereocenters. The second kappa shape index (κ2) is 5.91. The summed E-state index contributed by atoms with van der Waals surface area (Å²) in [5, 5.41) is 3.25. The van der Waals surface area contributed by atoms with Crippen molar-refractivity contribution in [2.75, 3.05) is 0 Å². The van der Waals surface area contributed by atoms with Crippen LogP contribution in [0.5, 0.6) is 5.75 Å². The molecular formula is C19H14F5N3O.